The smallest absolute Gasteiger partial charge is 0.205 e. The van der Waals surface area contributed by atoms with Gasteiger partial charge >= 0.3 is 0 Å². The Morgan fingerprint density at radius 3 is 2.50 bits per heavy atom. The Morgan fingerprint density at radius 1 is 1.04 bits per heavy atom. The van der Waals surface area contributed by atoms with E-state index in [0.29, 0.717) is 5.39 Å². The van der Waals surface area contributed by atoms with E-state index in [1.165, 1.54) is 0 Å². The summed E-state index contributed by atoms with van der Waals surface area (Å²) in [7, 11) is 0. The second kappa shape index (κ2) is 5.39. The molecule has 4 rings (SSSR count). The lowest BCUT2D eigenvalue weighted by molar-refractivity contribution is 0.402. The number of hydrogen-bond donors (Lipinski definition) is 2. The molecule has 1 aliphatic heterocycles. The van der Waals surface area contributed by atoms with Crippen LogP contribution in [0.2, 0.25) is 0 Å². The molecule has 0 saturated heterocycles. The molecular formula is C20H14N2O2. The fourth-order valence-corrected chi connectivity index (χ4v) is 3.34. The van der Waals surface area contributed by atoms with E-state index in [4.69, 9.17) is 10.1 Å². The minimum absolute atomic E-state index is 0.0187. The molecule has 0 radical (unpaired) electrons. The summed E-state index contributed by atoms with van der Waals surface area (Å²) >= 11 is 0. The predicted molar refractivity (Wildman–Crippen MR) is 91.4 cm³/mol. The normalized spacial score (nSPS) is 19.4. The van der Waals surface area contributed by atoms with Gasteiger partial charge < -0.3 is 9.84 Å². The fraction of sp³-hybridized carbons (Fsp3) is 0.100. The summed E-state index contributed by atoms with van der Waals surface area (Å²) in [6, 6.07) is 21.2. The van der Waals surface area contributed by atoms with Crippen molar-refractivity contribution in [2.24, 2.45) is 5.92 Å². The Balaban J connectivity index is 2.04. The minimum atomic E-state index is -0.722. The lowest BCUT2D eigenvalue weighted by Crippen LogP contribution is -2.31. The fourth-order valence-electron chi connectivity index (χ4n) is 3.34. The Hall–Kier alpha value is -3.32. The van der Waals surface area contributed by atoms with Crippen LogP contribution < -0.4 is 4.74 Å². The number of phenols is 1. The molecule has 0 fully saturated rings. The average Bonchev–Trinajstić information content (AvgIpc) is 2.62. The highest BCUT2D eigenvalue weighted by atomic mass is 16.5. The molecule has 4 heteroatoms. The number of phenolic OH excluding ortho intramolecular Hbond substituents is 1. The molecule has 0 spiro atoms. The van der Waals surface area contributed by atoms with E-state index in [1.807, 2.05) is 60.7 Å². The maximum Gasteiger partial charge on any atom is 0.205 e. The van der Waals surface area contributed by atoms with Gasteiger partial charge in [0.15, 0.2) is 11.5 Å². The van der Waals surface area contributed by atoms with Gasteiger partial charge in [-0.2, -0.15) is 5.26 Å². The molecule has 3 aromatic carbocycles. The quantitative estimate of drug-likeness (QED) is 0.707. The first kappa shape index (κ1) is 14.3. The van der Waals surface area contributed by atoms with Crippen LogP contribution in [0.15, 0.2) is 60.7 Å². The summed E-state index contributed by atoms with van der Waals surface area (Å²) in [5.74, 6) is -0.905. The summed E-state index contributed by atoms with van der Waals surface area (Å²) in [6.07, 6.45) is 0. The van der Waals surface area contributed by atoms with Gasteiger partial charge in [0.2, 0.25) is 5.90 Å². The van der Waals surface area contributed by atoms with Crippen LogP contribution in [-0.4, -0.2) is 11.0 Å². The zero-order valence-corrected chi connectivity index (χ0v) is 12.7. The standard InChI is InChI=1S/C20H14N2O2/c21-11-16-17(12-6-2-1-3-7-12)15-10-13-8-4-5-9-14(13)18(23)19(15)24-20(16)22/h1-10,16-17,22-23H. The molecule has 0 aromatic heterocycles. The van der Waals surface area contributed by atoms with Gasteiger partial charge in [0.1, 0.15) is 5.92 Å². The van der Waals surface area contributed by atoms with E-state index in [0.717, 1.165) is 16.5 Å². The number of aromatic hydroxyl groups is 1. The predicted octanol–water partition coefficient (Wildman–Crippen LogP) is 4.19. The molecule has 2 atom stereocenters. The van der Waals surface area contributed by atoms with Crippen molar-refractivity contribution in [3.8, 4) is 17.6 Å². The molecule has 4 nitrogen and oxygen atoms in total. The van der Waals surface area contributed by atoms with E-state index in [-0.39, 0.29) is 23.3 Å². The highest BCUT2D eigenvalue weighted by Gasteiger charge is 2.38. The van der Waals surface area contributed by atoms with E-state index in [2.05, 4.69) is 6.07 Å². The number of hydrogen-bond acceptors (Lipinski definition) is 4. The van der Waals surface area contributed by atoms with Crippen LogP contribution in [0.25, 0.3) is 10.8 Å². The zero-order chi connectivity index (χ0) is 16.7. The molecular weight excluding hydrogens is 300 g/mol. The van der Waals surface area contributed by atoms with Gasteiger partial charge in [-0.15, -0.1) is 0 Å². The number of nitrogens with zero attached hydrogens (tertiary/aromatic N) is 1. The minimum Gasteiger partial charge on any atom is -0.504 e. The van der Waals surface area contributed by atoms with Gasteiger partial charge in [-0.25, -0.2) is 0 Å². The third-order valence-electron chi connectivity index (χ3n) is 4.46. The first-order valence-electron chi connectivity index (χ1n) is 7.66. The maximum absolute atomic E-state index is 10.6. The highest BCUT2D eigenvalue weighted by Crippen LogP contribution is 2.48. The SMILES string of the molecule is N#CC1C(=N)Oc2c(cc3ccccc3c2O)C1c1ccccc1. The molecule has 2 unspecified atom stereocenters. The number of fused-ring (bicyclic) bond motifs is 2. The summed E-state index contributed by atoms with van der Waals surface area (Å²) in [5.41, 5.74) is 1.66. The lowest BCUT2D eigenvalue weighted by atomic mass is 9.78. The van der Waals surface area contributed by atoms with Crippen molar-refractivity contribution in [1.82, 2.24) is 0 Å². The first-order chi connectivity index (χ1) is 11.7. The summed E-state index contributed by atoms with van der Waals surface area (Å²) < 4.78 is 5.54. The summed E-state index contributed by atoms with van der Waals surface area (Å²) in [6.45, 7) is 0. The molecule has 0 saturated carbocycles. The van der Waals surface area contributed by atoms with Gasteiger partial charge in [-0.05, 0) is 17.0 Å². The second-order valence-electron chi connectivity index (χ2n) is 5.83. The van der Waals surface area contributed by atoms with Crippen LogP contribution in [0.4, 0.5) is 0 Å². The van der Waals surface area contributed by atoms with Crippen LogP contribution in [0.5, 0.6) is 11.5 Å². The molecule has 1 heterocycles. The molecule has 0 amide bonds. The van der Waals surface area contributed by atoms with Crippen molar-refractivity contribution in [3.63, 3.8) is 0 Å². The van der Waals surface area contributed by atoms with Crippen molar-refractivity contribution < 1.29 is 9.84 Å². The summed E-state index contributed by atoms with van der Waals surface area (Å²) in [4.78, 5) is 0. The van der Waals surface area contributed by atoms with E-state index >= 15 is 0 Å². The Labute approximate surface area is 139 Å². The van der Waals surface area contributed by atoms with Crippen LogP contribution >= 0.6 is 0 Å². The lowest BCUT2D eigenvalue weighted by Gasteiger charge is -2.31. The molecule has 116 valence electrons. The van der Waals surface area contributed by atoms with Crippen molar-refractivity contribution >= 4 is 16.7 Å². The molecule has 24 heavy (non-hydrogen) atoms. The number of nitrogens with one attached hydrogen (secondary N) is 1. The second-order valence-corrected chi connectivity index (χ2v) is 5.83. The molecule has 2 N–H and O–H groups in total. The van der Waals surface area contributed by atoms with E-state index in [1.54, 1.807) is 0 Å². The number of nitriles is 1. The van der Waals surface area contributed by atoms with Gasteiger partial charge in [-0.1, -0.05) is 54.6 Å². The number of ether oxygens (including phenoxy) is 1. The van der Waals surface area contributed by atoms with Crippen molar-refractivity contribution in [1.29, 1.82) is 10.7 Å². The first-order valence-corrected chi connectivity index (χ1v) is 7.66. The van der Waals surface area contributed by atoms with Crippen molar-refractivity contribution in [3.05, 3.63) is 71.8 Å². The average molecular weight is 314 g/mol. The van der Waals surface area contributed by atoms with Gasteiger partial charge in [0, 0.05) is 16.9 Å². The Morgan fingerprint density at radius 2 is 1.75 bits per heavy atom. The molecule has 1 aliphatic rings. The monoisotopic (exact) mass is 314 g/mol. The Bertz CT molecular complexity index is 990. The van der Waals surface area contributed by atoms with Gasteiger partial charge in [-0.3, -0.25) is 5.41 Å². The van der Waals surface area contributed by atoms with Crippen LogP contribution in [0.3, 0.4) is 0 Å². The van der Waals surface area contributed by atoms with Crippen molar-refractivity contribution in [2.75, 3.05) is 0 Å². The van der Waals surface area contributed by atoms with Gasteiger partial charge in [0.05, 0.1) is 6.07 Å². The molecule has 3 aromatic rings. The number of rotatable bonds is 1. The topological polar surface area (TPSA) is 77.1 Å². The van der Waals surface area contributed by atoms with Crippen LogP contribution in [0, 0.1) is 22.7 Å². The highest BCUT2D eigenvalue weighted by molar-refractivity contribution is 5.95. The third kappa shape index (κ3) is 2.03. The number of benzene rings is 3. The van der Waals surface area contributed by atoms with Crippen LogP contribution in [0.1, 0.15) is 17.0 Å². The maximum atomic E-state index is 10.6. The van der Waals surface area contributed by atoms with Crippen molar-refractivity contribution in [2.45, 2.75) is 5.92 Å². The third-order valence-corrected chi connectivity index (χ3v) is 4.46. The van der Waals surface area contributed by atoms with E-state index < -0.39 is 5.92 Å². The largest absolute Gasteiger partial charge is 0.504 e. The van der Waals surface area contributed by atoms with Crippen LogP contribution in [-0.2, 0) is 0 Å². The molecule has 0 aliphatic carbocycles. The zero-order valence-electron chi connectivity index (χ0n) is 12.7. The Kier molecular flexibility index (Phi) is 3.21. The molecule has 0 bridgehead atoms. The van der Waals surface area contributed by atoms with Gasteiger partial charge in [0.25, 0.3) is 0 Å². The van der Waals surface area contributed by atoms with E-state index in [9.17, 15) is 10.4 Å². The summed E-state index contributed by atoms with van der Waals surface area (Å²) in [5, 5.41) is 29.9.